The number of anilines is 2. The molecule has 1 aromatic rings. The number of rotatable bonds is 4. The predicted octanol–water partition coefficient (Wildman–Crippen LogP) is 1.86. The Morgan fingerprint density at radius 1 is 1.53 bits per heavy atom. The van der Waals surface area contributed by atoms with Crippen molar-refractivity contribution in [3.63, 3.8) is 0 Å². The van der Waals surface area contributed by atoms with E-state index in [-0.39, 0.29) is 11.9 Å². The molecule has 0 fully saturated rings. The van der Waals surface area contributed by atoms with Gasteiger partial charge in [-0.1, -0.05) is 13.0 Å². The van der Waals surface area contributed by atoms with Crippen LogP contribution in [0.2, 0.25) is 0 Å². The first-order valence-electron chi connectivity index (χ1n) is 5.83. The lowest BCUT2D eigenvalue weighted by molar-refractivity contribution is -0.120. The molecule has 0 aliphatic heterocycles. The Morgan fingerprint density at radius 2 is 2.18 bits per heavy atom. The quantitative estimate of drug-likeness (QED) is 0.783. The molecule has 4 heteroatoms. The van der Waals surface area contributed by atoms with E-state index in [4.69, 9.17) is 5.73 Å². The van der Waals surface area contributed by atoms with Crippen LogP contribution >= 0.6 is 0 Å². The molecule has 4 nitrogen and oxygen atoms in total. The van der Waals surface area contributed by atoms with E-state index in [2.05, 4.69) is 5.32 Å². The molecule has 0 aliphatic carbocycles. The number of nitrogen functional groups attached to an aromatic ring is 1. The molecule has 1 unspecified atom stereocenters. The van der Waals surface area contributed by atoms with Gasteiger partial charge in [-0.2, -0.15) is 0 Å². The van der Waals surface area contributed by atoms with Gasteiger partial charge in [-0.25, -0.2) is 0 Å². The van der Waals surface area contributed by atoms with Gasteiger partial charge in [0.15, 0.2) is 0 Å². The van der Waals surface area contributed by atoms with Gasteiger partial charge in [0.2, 0.25) is 5.91 Å². The minimum absolute atomic E-state index is 0.0111. The summed E-state index contributed by atoms with van der Waals surface area (Å²) in [6, 6.07) is 5.38. The molecule has 0 saturated heterocycles. The van der Waals surface area contributed by atoms with Gasteiger partial charge >= 0.3 is 0 Å². The summed E-state index contributed by atoms with van der Waals surface area (Å²) in [5.41, 5.74) is 8.18. The lowest BCUT2D eigenvalue weighted by Crippen LogP contribution is -2.39. The zero-order valence-electron chi connectivity index (χ0n) is 10.9. The highest BCUT2D eigenvalue weighted by atomic mass is 16.2. The average molecular weight is 235 g/mol. The third kappa shape index (κ3) is 3.20. The molecule has 0 aromatic heterocycles. The molecule has 0 radical (unpaired) electrons. The molecule has 3 N–H and O–H groups in total. The fourth-order valence-corrected chi connectivity index (χ4v) is 1.50. The van der Waals surface area contributed by atoms with Crippen LogP contribution < -0.4 is 11.1 Å². The van der Waals surface area contributed by atoms with Crippen LogP contribution in [-0.2, 0) is 4.79 Å². The van der Waals surface area contributed by atoms with Crippen LogP contribution in [0.15, 0.2) is 18.2 Å². The van der Waals surface area contributed by atoms with E-state index >= 15 is 0 Å². The number of hydrogen-bond donors (Lipinski definition) is 2. The number of nitrogens with two attached hydrogens (primary N) is 1. The van der Waals surface area contributed by atoms with Crippen molar-refractivity contribution in [2.24, 2.45) is 0 Å². The summed E-state index contributed by atoms with van der Waals surface area (Å²) in [5, 5.41) is 2.91. The van der Waals surface area contributed by atoms with Gasteiger partial charge in [-0.05, 0) is 45.1 Å². The zero-order chi connectivity index (χ0) is 13.0. The number of carbonyl (C=O) groups excluding carboxylic acids is 1. The van der Waals surface area contributed by atoms with E-state index in [9.17, 15) is 4.79 Å². The Kier molecular flexibility index (Phi) is 4.52. The van der Waals surface area contributed by atoms with Gasteiger partial charge in [0.25, 0.3) is 0 Å². The molecular weight excluding hydrogens is 214 g/mol. The lowest BCUT2D eigenvalue weighted by atomic mass is 10.1. The van der Waals surface area contributed by atoms with Gasteiger partial charge in [0.1, 0.15) is 0 Å². The Hall–Kier alpha value is -1.55. The Morgan fingerprint density at radius 3 is 2.76 bits per heavy atom. The van der Waals surface area contributed by atoms with Crippen LogP contribution in [-0.4, -0.2) is 30.4 Å². The molecule has 0 saturated carbocycles. The number of carbonyl (C=O) groups is 1. The van der Waals surface area contributed by atoms with Crippen molar-refractivity contribution < 1.29 is 4.79 Å². The van der Waals surface area contributed by atoms with E-state index in [1.54, 1.807) is 0 Å². The molecule has 1 rings (SSSR count). The van der Waals surface area contributed by atoms with E-state index in [0.29, 0.717) is 5.69 Å². The number of likely N-dealkylation sites (N-methyl/N-ethyl adjacent to an activating group) is 1. The van der Waals surface area contributed by atoms with Crippen molar-refractivity contribution in [3.8, 4) is 0 Å². The van der Waals surface area contributed by atoms with E-state index in [1.807, 2.05) is 50.9 Å². The van der Waals surface area contributed by atoms with Gasteiger partial charge in [-0.15, -0.1) is 0 Å². The Labute approximate surface area is 103 Å². The third-order valence-corrected chi connectivity index (χ3v) is 3.17. The van der Waals surface area contributed by atoms with Gasteiger partial charge in [0, 0.05) is 11.4 Å². The highest BCUT2D eigenvalue weighted by Crippen LogP contribution is 2.20. The minimum atomic E-state index is -0.152. The zero-order valence-corrected chi connectivity index (χ0v) is 10.9. The van der Waals surface area contributed by atoms with Crippen LogP contribution in [0.1, 0.15) is 19.4 Å². The van der Waals surface area contributed by atoms with Crippen LogP contribution in [0, 0.1) is 6.92 Å². The fourth-order valence-electron chi connectivity index (χ4n) is 1.50. The smallest absolute Gasteiger partial charge is 0.241 e. The molecule has 0 spiro atoms. The number of nitrogens with zero attached hydrogens (tertiary/aromatic N) is 1. The number of nitrogens with one attached hydrogen (secondary N) is 1. The highest BCUT2D eigenvalue weighted by Gasteiger charge is 2.17. The van der Waals surface area contributed by atoms with Crippen molar-refractivity contribution in [3.05, 3.63) is 23.8 Å². The van der Waals surface area contributed by atoms with E-state index in [0.717, 1.165) is 17.8 Å². The van der Waals surface area contributed by atoms with E-state index in [1.165, 1.54) is 0 Å². The summed E-state index contributed by atoms with van der Waals surface area (Å²) in [7, 11) is 1.93. The Balaban J connectivity index is 2.78. The van der Waals surface area contributed by atoms with Crippen molar-refractivity contribution in [1.29, 1.82) is 0 Å². The normalized spacial score (nSPS) is 12.5. The third-order valence-electron chi connectivity index (χ3n) is 3.17. The van der Waals surface area contributed by atoms with Crippen LogP contribution in [0.4, 0.5) is 11.4 Å². The molecule has 0 bridgehead atoms. The molecule has 0 heterocycles. The van der Waals surface area contributed by atoms with Crippen molar-refractivity contribution >= 4 is 17.3 Å². The maximum atomic E-state index is 12.0. The predicted molar refractivity (Wildman–Crippen MR) is 72.0 cm³/mol. The van der Waals surface area contributed by atoms with Gasteiger partial charge in [0.05, 0.1) is 6.04 Å². The SMILES string of the molecule is CCN(C)C(C)C(=O)Nc1cccc(N)c1C. The second kappa shape index (κ2) is 5.68. The largest absolute Gasteiger partial charge is 0.398 e. The summed E-state index contributed by atoms with van der Waals surface area (Å²) in [5.74, 6) is -0.0111. The summed E-state index contributed by atoms with van der Waals surface area (Å²) in [6.45, 7) is 6.65. The molecule has 17 heavy (non-hydrogen) atoms. The average Bonchev–Trinajstić information content (AvgIpc) is 2.32. The van der Waals surface area contributed by atoms with Gasteiger partial charge < -0.3 is 11.1 Å². The molecule has 1 atom stereocenters. The van der Waals surface area contributed by atoms with Crippen LogP contribution in [0.3, 0.4) is 0 Å². The Bertz CT molecular complexity index is 404. The number of benzene rings is 1. The first kappa shape index (κ1) is 13.5. The lowest BCUT2D eigenvalue weighted by Gasteiger charge is -2.22. The van der Waals surface area contributed by atoms with Crippen molar-refractivity contribution in [2.75, 3.05) is 24.6 Å². The van der Waals surface area contributed by atoms with Crippen molar-refractivity contribution in [1.82, 2.24) is 4.90 Å². The number of hydrogen-bond acceptors (Lipinski definition) is 3. The standard InChI is InChI=1S/C13H21N3O/c1-5-16(4)10(3)13(17)15-12-8-6-7-11(14)9(12)2/h6-8,10H,5,14H2,1-4H3,(H,15,17). The highest BCUT2D eigenvalue weighted by molar-refractivity contribution is 5.95. The molecule has 1 amide bonds. The molecule has 0 aliphatic rings. The molecular formula is C13H21N3O. The maximum Gasteiger partial charge on any atom is 0.241 e. The summed E-state index contributed by atoms with van der Waals surface area (Å²) in [6.07, 6.45) is 0. The second-order valence-electron chi connectivity index (χ2n) is 4.26. The molecule has 1 aromatic carbocycles. The first-order valence-corrected chi connectivity index (χ1v) is 5.83. The summed E-state index contributed by atoms with van der Waals surface area (Å²) in [4.78, 5) is 14.0. The van der Waals surface area contributed by atoms with Crippen molar-refractivity contribution in [2.45, 2.75) is 26.8 Å². The number of amides is 1. The summed E-state index contributed by atoms with van der Waals surface area (Å²) < 4.78 is 0. The first-order chi connectivity index (χ1) is 7.97. The summed E-state index contributed by atoms with van der Waals surface area (Å²) >= 11 is 0. The maximum absolute atomic E-state index is 12.0. The van der Waals surface area contributed by atoms with E-state index < -0.39 is 0 Å². The topological polar surface area (TPSA) is 58.4 Å². The van der Waals surface area contributed by atoms with Gasteiger partial charge in [-0.3, -0.25) is 9.69 Å². The fraction of sp³-hybridized carbons (Fsp3) is 0.462. The molecule has 94 valence electrons. The van der Waals surface area contributed by atoms with Crippen LogP contribution in [0.5, 0.6) is 0 Å². The second-order valence-corrected chi connectivity index (χ2v) is 4.26. The monoisotopic (exact) mass is 235 g/mol. The minimum Gasteiger partial charge on any atom is -0.398 e. The van der Waals surface area contributed by atoms with Crippen LogP contribution in [0.25, 0.3) is 0 Å².